The van der Waals surface area contributed by atoms with Crippen molar-refractivity contribution in [2.75, 3.05) is 33.7 Å². The van der Waals surface area contributed by atoms with Crippen molar-refractivity contribution < 1.29 is 13.2 Å². The van der Waals surface area contributed by atoms with Crippen molar-refractivity contribution in [3.63, 3.8) is 0 Å². The minimum atomic E-state index is -3.62. The van der Waals surface area contributed by atoms with Crippen LogP contribution in [0.1, 0.15) is 29.3 Å². The Morgan fingerprint density at radius 3 is 2.47 bits per heavy atom. The fourth-order valence-electron chi connectivity index (χ4n) is 3.57. The van der Waals surface area contributed by atoms with Crippen molar-refractivity contribution in [2.24, 2.45) is 5.92 Å². The zero-order chi connectivity index (χ0) is 21.7. The third-order valence-electron chi connectivity index (χ3n) is 5.41. The van der Waals surface area contributed by atoms with E-state index in [0.717, 1.165) is 0 Å². The second kappa shape index (κ2) is 9.71. The molecule has 2 heterocycles. The van der Waals surface area contributed by atoms with Crippen molar-refractivity contribution in [3.05, 3.63) is 52.2 Å². The highest BCUT2D eigenvalue weighted by molar-refractivity contribution is 7.89. The maximum atomic E-state index is 12.8. The number of rotatable bonds is 7. The lowest BCUT2D eigenvalue weighted by Crippen LogP contribution is -2.44. The van der Waals surface area contributed by atoms with Crippen LogP contribution in [0.2, 0.25) is 0 Å². The number of sulfonamides is 1. The summed E-state index contributed by atoms with van der Waals surface area (Å²) in [5, 5.41) is 13.9. The van der Waals surface area contributed by atoms with Gasteiger partial charge >= 0.3 is 0 Å². The molecule has 1 atom stereocenters. The molecule has 0 aliphatic carbocycles. The molecule has 1 amide bonds. The number of hydrogen-bond donors (Lipinski definition) is 1. The van der Waals surface area contributed by atoms with E-state index in [4.69, 9.17) is 5.26 Å². The number of benzene rings is 1. The van der Waals surface area contributed by atoms with Crippen LogP contribution < -0.4 is 5.32 Å². The van der Waals surface area contributed by atoms with Crippen LogP contribution in [-0.2, 0) is 14.8 Å². The van der Waals surface area contributed by atoms with Gasteiger partial charge in [-0.25, -0.2) is 8.42 Å². The molecule has 3 rings (SSSR count). The van der Waals surface area contributed by atoms with Gasteiger partial charge < -0.3 is 10.2 Å². The zero-order valence-electron chi connectivity index (χ0n) is 17.1. The summed E-state index contributed by atoms with van der Waals surface area (Å²) in [6, 6.07) is 12.1. The summed E-state index contributed by atoms with van der Waals surface area (Å²) in [5.41, 5.74) is 0.419. The molecule has 2 aromatic rings. The molecule has 1 N–H and O–H groups in total. The lowest BCUT2D eigenvalue weighted by atomic mass is 9.97. The minimum Gasteiger partial charge on any atom is -0.354 e. The van der Waals surface area contributed by atoms with E-state index >= 15 is 0 Å². The third kappa shape index (κ3) is 5.08. The van der Waals surface area contributed by atoms with E-state index in [9.17, 15) is 13.2 Å². The van der Waals surface area contributed by atoms with E-state index < -0.39 is 10.0 Å². The Labute approximate surface area is 182 Å². The van der Waals surface area contributed by atoms with E-state index in [1.54, 1.807) is 11.3 Å². The topological polar surface area (TPSA) is 93.5 Å². The van der Waals surface area contributed by atoms with Crippen molar-refractivity contribution in [2.45, 2.75) is 23.8 Å². The number of piperidine rings is 1. The van der Waals surface area contributed by atoms with Crippen LogP contribution in [0.15, 0.2) is 46.7 Å². The monoisotopic (exact) mass is 446 g/mol. The fraction of sp³-hybridized carbons (Fsp3) is 0.429. The number of nitriles is 1. The molecule has 1 aromatic carbocycles. The summed E-state index contributed by atoms with van der Waals surface area (Å²) in [6.45, 7) is 1.14. The predicted octanol–water partition coefficient (Wildman–Crippen LogP) is 2.44. The zero-order valence-corrected chi connectivity index (χ0v) is 18.7. The number of hydrogen-bond acceptors (Lipinski definition) is 6. The first kappa shape index (κ1) is 22.4. The van der Waals surface area contributed by atoms with Crippen LogP contribution >= 0.6 is 11.3 Å². The first-order valence-corrected chi connectivity index (χ1v) is 12.1. The molecule has 1 aromatic heterocycles. The smallest absolute Gasteiger partial charge is 0.243 e. The molecule has 1 saturated heterocycles. The van der Waals surface area contributed by atoms with Crippen molar-refractivity contribution in [1.29, 1.82) is 5.26 Å². The van der Waals surface area contributed by atoms with E-state index in [2.05, 4.69) is 16.3 Å². The molecule has 7 nitrogen and oxygen atoms in total. The van der Waals surface area contributed by atoms with Gasteiger partial charge in [0.25, 0.3) is 0 Å². The Morgan fingerprint density at radius 2 is 1.93 bits per heavy atom. The van der Waals surface area contributed by atoms with Crippen LogP contribution in [-0.4, -0.2) is 57.3 Å². The largest absolute Gasteiger partial charge is 0.354 e. The Hall–Kier alpha value is -2.25. The number of nitrogens with one attached hydrogen (secondary N) is 1. The molecule has 0 bridgehead atoms. The predicted molar refractivity (Wildman–Crippen MR) is 116 cm³/mol. The van der Waals surface area contributed by atoms with Crippen molar-refractivity contribution >= 4 is 27.3 Å². The highest BCUT2D eigenvalue weighted by Gasteiger charge is 2.32. The molecule has 1 aliphatic rings. The molecule has 30 heavy (non-hydrogen) atoms. The summed E-state index contributed by atoms with van der Waals surface area (Å²) in [6.07, 6.45) is 0.986. The quantitative estimate of drug-likeness (QED) is 0.705. The van der Waals surface area contributed by atoms with Gasteiger partial charge in [0.15, 0.2) is 0 Å². The number of likely N-dealkylation sites (N-methyl/N-ethyl adjacent to an activating group) is 1. The van der Waals surface area contributed by atoms with Crippen LogP contribution in [0, 0.1) is 17.2 Å². The average Bonchev–Trinajstić information content (AvgIpc) is 3.28. The fourth-order valence-corrected chi connectivity index (χ4v) is 5.96. The summed E-state index contributed by atoms with van der Waals surface area (Å²) in [7, 11) is 0.362. The van der Waals surface area contributed by atoms with Crippen LogP contribution in [0.3, 0.4) is 0 Å². The SMILES string of the molecule is CN(C)C(CNC(=O)C1CCN(S(=O)(=O)c2ccc(C#N)cc2)CC1)c1cccs1. The van der Waals surface area contributed by atoms with Crippen LogP contribution in [0.4, 0.5) is 0 Å². The van der Waals surface area contributed by atoms with Gasteiger partial charge in [-0.3, -0.25) is 4.79 Å². The highest BCUT2D eigenvalue weighted by Crippen LogP contribution is 2.25. The summed E-state index contributed by atoms with van der Waals surface area (Å²) < 4.78 is 27.1. The van der Waals surface area contributed by atoms with Gasteiger partial charge in [0.1, 0.15) is 0 Å². The standard InChI is InChI=1S/C21H26N4O3S2/c1-24(2)19(20-4-3-13-29-20)15-23-21(26)17-9-11-25(12-10-17)30(27,28)18-7-5-16(14-22)6-8-18/h3-8,13,17,19H,9-12,15H2,1-2H3,(H,23,26). The summed E-state index contributed by atoms with van der Waals surface area (Å²) >= 11 is 1.67. The molecular formula is C21H26N4O3S2. The number of amides is 1. The third-order valence-corrected chi connectivity index (χ3v) is 8.30. The van der Waals surface area contributed by atoms with Gasteiger partial charge in [-0.2, -0.15) is 9.57 Å². The first-order valence-electron chi connectivity index (χ1n) is 9.81. The van der Waals surface area contributed by atoms with Crippen molar-refractivity contribution in [1.82, 2.24) is 14.5 Å². The van der Waals surface area contributed by atoms with Gasteiger partial charge in [0.2, 0.25) is 15.9 Å². The summed E-state index contributed by atoms with van der Waals surface area (Å²) in [5.74, 6) is -0.211. The van der Waals surface area contributed by atoms with Crippen molar-refractivity contribution in [3.8, 4) is 6.07 Å². The molecule has 0 spiro atoms. The molecule has 1 unspecified atom stereocenters. The lowest BCUT2D eigenvalue weighted by molar-refractivity contribution is -0.126. The average molecular weight is 447 g/mol. The second-order valence-electron chi connectivity index (χ2n) is 7.55. The second-order valence-corrected chi connectivity index (χ2v) is 10.5. The highest BCUT2D eigenvalue weighted by atomic mass is 32.2. The normalized spacial score (nSPS) is 16.9. The maximum Gasteiger partial charge on any atom is 0.243 e. The van der Waals surface area contributed by atoms with Crippen LogP contribution in [0.25, 0.3) is 0 Å². The summed E-state index contributed by atoms with van der Waals surface area (Å²) in [4.78, 5) is 16.1. The molecule has 160 valence electrons. The number of nitrogens with zero attached hydrogens (tertiary/aromatic N) is 3. The van der Waals surface area contributed by atoms with Gasteiger partial charge in [-0.05, 0) is 62.6 Å². The van der Waals surface area contributed by atoms with Gasteiger partial charge in [0.05, 0.1) is 22.6 Å². The Morgan fingerprint density at radius 1 is 1.27 bits per heavy atom. The molecule has 0 radical (unpaired) electrons. The van der Waals surface area contributed by atoms with Gasteiger partial charge in [0, 0.05) is 30.4 Å². The molecule has 1 aliphatic heterocycles. The van der Waals surface area contributed by atoms with E-state index in [1.807, 2.05) is 31.6 Å². The molecular weight excluding hydrogens is 420 g/mol. The Balaban J connectivity index is 1.55. The van der Waals surface area contributed by atoms with E-state index in [0.29, 0.717) is 38.0 Å². The number of thiophene rings is 1. The number of carbonyl (C=O) groups is 1. The van der Waals surface area contributed by atoms with Gasteiger partial charge in [-0.1, -0.05) is 6.07 Å². The van der Waals surface area contributed by atoms with E-state index in [-0.39, 0.29) is 22.8 Å². The molecule has 1 fully saturated rings. The molecule has 0 saturated carbocycles. The first-order chi connectivity index (χ1) is 14.3. The van der Waals surface area contributed by atoms with E-state index in [1.165, 1.54) is 33.4 Å². The van der Waals surface area contributed by atoms with Crippen LogP contribution in [0.5, 0.6) is 0 Å². The number of carbonyl (C=O) groups excluding carboxylic acids is 1. The molecule has 9 heteroatoms. The van der Waals surface area contributed by atoms with Gasteiger partial charge in [-0.15, -0.1) is 11.3 Å². The Bertz CT molecular complexity index is 988. The Kier molecular flexibility index (Phi) is 7.26. The minimum absolute atomic E-state index is 0.0196. The lowest BCUT2D eigenvalue weighted by Gasteiger charge is -2.31. The maximum absolute atomic E-state index is 12.8.